The summed E-state index contributed by atoms with van der Waals surface area (Å²) in [5, 5.41) is 4.23. The summed E-state index contributed by atoms with van der Waals surface area (Å²) in [5.74, 6) is -0.109. The number of aromatic nitrogens is 2. The van der Waals surface area contributed by atoms with Gasteiger partial charge in [0.2, 0.25) is 0 Å². The summed E-state index contributed by atoms with van der Waals surface area (Å²) in [6.45, 7) is 7.65. The highest BCUT2D eigenvalue weighted by Crippen LogP contribution is 2.33. The smallest absolute Gasteiger partial charge is 0.182 e. The van der Waals surface area contributed by atoms with Gasteiger partial charge in [0, 0.05) is 19.5 Å². The Morgan fingerprint density at radius 3 is 2.16 bits per heavy atom. The molecule has 19 heavy (non-hydrogen) atoms. The quantitative estimate of drug-likeness (QED) is 0.841. The summed E-state index contributed by atoms with van der Waals surface area (Å²) in [6, 6.07) is 4.23. The standard InChI is InChI=1S/C15H19N3O/c1-8-6-9(2)12(10(3)7-8)15-13(16)14(11(4)19)17-18(15)5/h6-7H,16H2,1-5H3. The first-order chi connectivity index (χ1) is 8.82. The SMILES string of the molecule is CC(=O)c1nn(C)c(-c2c(C)cc(C)cc2C)c1N. The minimum atomic E-state index is -0.109. The van der Waals surface area contributed by atoms with Crippen LogP contribution in [0.4, 0.5) is 5.69 Å². The molecule has 0 aliphatic carbocycles. The van der Waals surface area contributed by atoms with E-state index in [4.69, 9.17) is 5.73 Å². The first kappa shape index (κ1) is 13.3. The van der Waals surface area contributed by atoms with E-state index >= 15 is 0 Å². The van der Waals surface area contributed by atoms with Gasteiger partial charge in [-0.3, -0.25) is 9.48 Å². The molecule has 0 unspecified atom stereocenters. The number of hydrogen-bond acceptors (Lipinski definition) is 3. The average Bonchev–Trinajstić information content (AvgIpc) is 2.55. The van der Waals surface area contributed by atoms with Crippen molar-refractivity contribution < 1.29 is 4.79 Å². The number of anilines is 1. The Morgan fingerprint density at radius 2 is 1.74 bits per heavy atom. The van der Waals surface area contributed by atoms with Crippen LogP contribution in [0.3, 0.4) is 0 Å². The zero-order chi connectivity index (χ0) is 14.3. The number of rotatable bonds is 2. The maximum absolute atomic E-state index is 11.5. The fourth-order valence-electron chi connectivity index (χ4n) is 2.65. The van der Waals surface area contributed by atoms with E-state index in [-0.39, 0.29) is 5.78 Å². The molecule has 2 N–H and O–H groups in total. The van der Waals surface area contributed by atoms with E-state index in [0.29, 0.717) is 11.4 Å². The van der Waals surface area contributed by atoms with Crippen LogP contribution >= 0.6 is 0 Å². The summed E-state index contributed by atoms with van der Waals surface area (Å²) >= 11 is 0. The van der Waals surface area contributed by atoms with Crippen molar-refractivity contribution in [1.29, 1.82) is 0 Å². The number of benzene rings is 1. The first-order valence-corrected chi connectivity index (χ1v) is 6.24. The second-order valence-corrected chi connectivity index (χ2v) is 5.06. The number of nitrogen functional groups attached to an aromatic ring is 1. The van der Waals surface area contributed by atoms with E-state index in [1.807, 2.05) is 7.05 Å². The first-order valence-electron chi connectivity index (χ1n) is 6.24. The monoisotopic (exact) mass is 257 g/mol. The van der Waals surface area contributed by atoms with E-state index in [1.165, 1.54) is 12.5 Å². The van der Waals surface area contributed by atoms with Crippen LogP contribution in [0.1, 0.15) is 34.1 Å². The van der Waals surface area contributed by atoms with Gasteiger partial charge in [-0.1, -0.05) is 17.7 Å². The zero-order valence-corrected chi connectivity index (χ0v) is 12.0. The lowest BCUT2D eigenvalue weighted by Crippen LogP contribution is -2.00. The molecule has 4 heteroatoms. The number of carbonyl (C=O) groups is 1. The van der Waals surface area contributed by atoms with E-state index in [0.717, 1.165) is 22.4 Å². The summed E-state index contributed by atoms with van der Waals surface area (Å²) < 4.78 is 1.69. The van der Waals surface area contributed by atoms with Crippen LogP contribution in [-0.4, -0.2) is 15.6 Å². The Balaban J connectivity index is 2.77. The van der Waals surface area contributed by atoms with Crippen molar-refractivity contribution in [2.75, 3.05) is 5.73 Å². The predicted molar refractivity (Wildman–Crippen MR) is 77.3 cm³/mol. The topological polar surface area (TPSA) is 60.9 Å². The van der Waals surface area contributed by atoms with Gasteiger partial charge in [-0.25, -0.2) is 0 Å². The molecule has 0 atom stereocenters. The van der Waals surface area contributed by atoms with Crippen molar-refractivity contribution >= 4 is 11.5 Å². The normalized spacial score (nSPS) is 10.8. The van der Waals surface area contributed by atoms with Gasteiger partial charge in [0.1, 0.15) is 0 Å². The lowest BCUT2D eigenvalue weighted by molar-refractivity contribution is 0.101. The Kier molecular flexibility index (Phi) is 3.18. The van der Waals surface area contributed by atoms with Gasteiger partial charge >= 0.3 is 0 Å². The van der Waals surface area contributed by atoms with Gasteiger partial charge in [0.05, 0.1) is 11.4 Å². The van der Waals surface area contributed by atoms with Crippen LogP contribution in [0.2, 0.25) is 0 Å². The highest BCUT2D eigenvalue weighted by atomic mass is 16.1. The van der Waals surface area contributed by atoms with Crippen molar-refractivity contribution in [3.8, 4) is 11.3 Å². The number of ketones is 1. The molecule has 2 aromatic rings. The van der Waals surface area contributed by atoms with Gasteiger partial charge in [0.15, 0.2) is 11.5 Å². The number of aryl methyl sites for hydroxylation is 4. The minimum absolute atomic E-state index is 0.109. The van der Waals surface area contributed by atoms with Gasteiger partial charge < -0.3 is 5.73 Å². The molecule has 1 aromatic heterocycles. The van der Waals surface area contributed by atoms with Crippen molar-refractivity contribution in [2.24, 2.45) is 7.05 Å². The van der Waals surface area contributed by atoms with Gasteiger partial charge in [-0.05, 0) is 31.9 Å². The number of Topliss-reactive ketones (excluding diaryl/α,β-unsaturated/α-hetero) is 1. The Labute approximate surface area is 113 Å². The summed E-state index contributed by atoms with van der Waals surface area (Å²) in [6.07, 6.45) is 0. The third-order valence-electron chi connectivity index (χ3n) is 3.33. The second-order valence-electron chi connectivity index (χ2n) is 5.06. The molecule has 0 radical (unpaired) electrons. The van der Waals surface area contributed by atoms with E-state index in [2.05, 4.69) is 38.0 Å². The van der Waals surface area contributed by atoms with Crippen LogP contribution in [0, 0.1) is 20.8 Å². The molecule has 0 aliphatic heterocycles. The van der Waals surface area contributed by atoms with Crippen molar-refractivity contribution in [1.82, 2.24) is 9.78 Å². The van der Waals surface area contributed by atoms with Gasteiger partial charge in [0.25, 0.3) is 0 Å². The number of nitrogens with two attached hydrogens (primary N) is 1. The summed E-state index contributed by atoms with van der Waals surface area (Å²) in [5.41, 5.74) is 12.3. The van der Waals surface area contributed by atoms with Crippen LogP contribution in [0.5, 0.6) is 0 Å². The average molecular weight is 257 g/mol. The molecule has 0 saturated heterocycles. The minimum Gasteiger partial charge on any atom is -0.395 e. The molecule has 0 fully saturated rings. The largest absolute Gasteiger partial charge is 0.395 e. The van der Waals surface area contributed by atoms with Crippen LogP contribution in [0.25, 0.3) is 11.3 Å². The van der Waals surface area contributed by atoms with Crippen LogP contribution in [0.15, 0.2) is 12.1 Å². The second kappa shape index (κ2) is 4.53. The van der Waals surface area contributed by atoms with Gasteiger partial charge in [-0.15, -0.1) is 0 Å². The molecule has 4 nitrogen and oxygen atoms in total. The molecule has 0 bridgehead atoms. The van der Waals surface area contributed by atoms with E-state index in [9.17, 15) is 4.79 Å². The number of hydrogen-bond donors (Lipinski definition) is 1. The number of nitrogens with zero attached hydrogens (tertiary/aromatic N) is 2. The highest BCUT2D eigenvalue weighted by molar-refractivity contribution is 6.00. The molecule has 2 rings (SSSR count). The lowest BCUT2D eigenvalue weighted by atomic mass is 9.96. The summed E-state index contributed by atoms with van der Waals surface area (Å²) in [7, 11) is 1.82. The molecule has 0 aliphatic rings. The Morgan fingerprint density at radius 1 is 1.21 bits per heavy atom. The maximum Gasteiger partial charge on any atom is 0.182 e. The third-order valence-corrected chi connectivity index (χ3v) is 3.33. The van der Waals surface area contributed by atoms with Gasteiger partial charge in [-0.2, -0.15) is 5.10 Å². The molecular weight excluding hydrogens is 238 g/mol. The molecule has 1 heterocycles. The predicted octanol–water partition coefficient (Wildman–Crippen LogP) is 2.80. The fraction of sp³-hybridized carbons (Fsp3) is 0.333. The van der Waals surface area contributed by atoms with Crippen molar-refractivity contribution in [3.63, 3.8) is 0 Å². The maximum atomic E-state index is 11.5. The highest BCUT2D eigenvalue weighted by Gasteiger charge is 2.20. The number of carbonyl (C=O) groups excluding carboxylic acids is 1. The van der Waals surface area contributed by atoms with Crippen molar-refractivity contribution in [2.45, 2.75) is 27.7 Å². The Hall–Kier alpha value is -2.10. The van der Waals surface area contributed by atoms with E-state index < -0.39 is 0 Å². The molecule has 0 saturated carbocycles. The fourth-order valence-corrected chi connectivity index (χ4v) is 2.65. The van der Waals surface area contributed by atoms with Crippen LogP contribution < -0.4 is 5.73 Å². The molecular formula is C15H19N3O. The lowest BCUT2D eigenvalue weighted by Gasteiger charge is -2.12. The van der Waals surface area contributed by atoms with E-state index in [1.54, 1.807) is 4.68 Å². The molecule has 1 aromatic carbocycles. The zero-order valence-electron chi connectivity index (χ0n) is 12.0. The molecule has 0 amide bonds. The Bertz CT molecular complexity index is 645. The summed E-state index contributed by atoms with van der Waals surface area (Å²) in [4.78, 5) is 11.5. The molecule has 0 spiro atoms. The van der Waals surface area contributed by atoms with Crippen LogP contribution in [-0.2, 0) is 7.05 Å². The van der Waals surface area contributed by atoms with Crippen molar-refractivity contribution in [3.05, 3.63) is 34.5 Å². The third kappa shape index (κ3) is 2.14. The molecule has 100 valence electrons.